The second kappa shape index (κ2) is 8.57. The number of hydrogen-bond acceptors (Lipinski definition) is 5. The van der Waals surface area contributed by atoms with Crippen molar-refractivity contribution in [3.8, 4) is 0 Å². The van der Waals surface area contributed by atoms with Crippen molar-refractivity contribution in [3.63, 3.8) is 0 Å². The van der Waals surface area contributed by atoms with E-state index >= 15 is 0 Å². The molecule has 0 bridgehead atoms. The lowest BCUT2D eigenvalue weighted by Crippen LogP contribution is -2.37. The molecule has 1 N–H and O–H groups in total. The third-order valence-electron chi connectivity index (χ3n) is 3.89. The van der Waals surface area contributed by atoms with Crippen LogP contribution in [0.5, 0.6) is 0 Å². The van der Waals surface area contributed by atoms with E-state index in [2.05, 4.69) is 10.1 Å². The highest BCUT2D eigenvalue weighted by atomic mass is 35.5. The molecule has 150 valence electrons. The minimum absolute atomic E-state index is 0.0454. The molecule has 0 saturated heterocycles. The summed E-state index contributed by atoms with van der Waals surface area (Å²) in [7, 11) is -2.61. The van der Waals surface area contributed by atoms with E-state index in [1.54, 1.807) is 25.1 Å². The number of carbonyl (C=O) groups is 2. The van der Waals surface area contributed by atoms with Gasteiger partial charge in [0.25, 0.3) is 0 Å². The Morgan fingerprint density at radius 2 is 1.93 bits per heavy atom. The number of ether oxygens (including phenoxy) is 1. The number of rotatable bonds is 6. The van der Waals surface area contributed by atoms with Crippen LogP contribution >= 0.6 is 11.6 Å². The van der Waals surface area contributed by atoms with Crippen molar-refractivity contribution >= 4 is 44.9 Å². The van der Waals surface area contributed by atoms with Gasteiger partial charge in [-0.3, -0.25) is 9.10 Å². The fraction of sp³-hybridized carbons (Fsp3) is 0.222. The van der Waals surface area contributed by atoms with Crippen molar-refractivity contribution in [3.05, 3.63) is 58.4 Å². The van der Waals surface area contributed by atoms with Gasteiger partial charge in [0.2, 0.25) is 15.9 Å². The van der Waals surface area contributed by atoms with Crippen LogP contribution in [0.15, 0.2) is 36.4 Å². The van der Waals surface area contributed by atoms with Crippen molar-refractivity contribution in [2.24, 2.45) is 0 Å². The summed E-state index contributed by atoms with van der Waals surface area (Å²) < 4.78 is 43.1. The van der Waals surface area contributed by atoms with Gasteiger partial charge in [-0.1, -0.05) is 17.7 Å². The zero-order valence-corrected chi connectivity index (χ0v) is 16.9. The van der Waals surface area contributed by atoms with Gasteiger partial charge in [-0.2, -0.15) is 0 Å². The number of nitrogens with zero attached hydrogens (tertiary/aromatic N) is 1. The third-order valence-corrected chi connectivity index (χ3v) is 5.32. The van der Waals surface area contributed by atoms with Gasteiger partial charge in [-0.05, 0) is 42.8 Å². The van der Waals surface area contributed by atoms with E-state index in [1.807, 2.05) is 0 Å². The molecule has 0 radical (unpaired) electrons. The summed E-state index contributed by atoms with van der Waals surface area (Å²) >= 11 is 5.72. The lowest BCUT2D eigenvalue weighted by molar-refractivity contribution is -0.114. The molecule has 0 aromatic heterocycles. The fourth-order valence-electron chi connectivity index (χ4n) is 2.46. The van der Waals surface area contributed by atoms with Crippen molar-refractivity contribution in [2.45, 2.75) is 6.92 Å². The molecule has 28 heavy (non-hydrogen) atoms. The predicted octanol–water partition coefficient (Wildman–Crippen LogP) is 2.98. The molecular weight excluding hydrogens is 411 g/mol. The average Bonchev–Trinajstić information content (AvgIpc) is 2.62. The quantitative estimate of drug-likeness (QED) is 0.714. The highest BCUT2D eigenvalue weighted by Crippen LogP contribution is 2.25. The number of benzene rings is 2. The number of hydrogen-bond donors (Lipinski definition) is 1. The van der Waals surface area contributed by atoms with E-state index in [0.29, 0.717) is 11.3 Å². The van der Waals surface area contributed by atoms with Gasteiger partial charge in [0.05, 0.1) is 29.6 Å². The second-order valence-electron chi connectivity index (χ2n) is 5.89. The maximum Gasteiger partial charge on any atom is 0.338 e. The number of halogens is 2. The Labute approximate surface area is 167 Å². The summed E-state index contributed by atoms with van der Waals surface area (Å²) in [5.74, 6) is -1.93. The van der Waals surface area contributed by atoms with Crippen LogP contribution in [0.4, 0.5) is 15.8 Å². The second-order valence-corrected chi connectivity index (χ2v) is 8.20. The Bertz CT molecular complexity index is 1030. The molecule has 0 spiro atoms. The van der Waals surface area contributed by atoms with Gasteiger partial charge >= 0.3 is 5.97 Å². The Balaban J connectivity index is 2.28. The number of carbonyl (C=O) groups excluding carboxylic acids is 2. The van der Waals surface area contributed by atoms with Crippen LogP contribution in [-0.4, -0.2) is 40.2 Å². The van der Waals surface area contributed by atoms with Crippen LogP contribution in [0.3, 0.4) is 0 Å². The molecule has 2 rings (SSSR count). The number of methoxy groups -OCH3 is 1. The van der Waals surface area contributed by atoms with Crippen LogP contribution in [-0.2, 0) is 19.6 Å². The molecule has 0 fully saturated rings. The SMILES string of the molecule is COC(=O)c1cccc(NC(=O)CN(c2ccc(F)c(Cl)c2)S(C)(=O)=O)c1C. The van der Waals surface area contributed by atoms with Crippen LogP contribution in [0.2, 0.25) is 5.02 Å². The van der Waals surface area contributed by atoms with Crippen LogP contribution < -0.4 is 9.62 Å². The number of nitrogens with one attached hydrogen (secondary N) is 1. The van der Waals surface area contributed by atoms with E-state index in [0.717, 1.165) is 22.7 Å². The Morgan fingerprint density at radius 1 is 1.25 bits per heavy atom. The van der Waals surface area contributed by atoms with Gasteiger partial charge in [0.15, 0.2) is 0 Å². The first-order chi connectivity index (χ1) is 13.0. The first-order valence-electron chi connectivity index (χ1n) is 7.95. The van der Waals surface area contributed by atoms with Crippen molar-refractivity contribution in [1.29, 1.82) is 0 Å². The lowest BCUT2D eigenvalue weighted by atomic mass is 10.1. The molecule has 1 amide bonds. The number of esters is 1. The molecule has 0 saturated carbocycles. The van der Waals surface area contributed by atoms with E-state index in [9.17, 15) is 22.4 Å². The van der Waals surface area contributed by atoms with Crippen LogP contribution in [0.1, 0.15) is 15.9 Å². The molecular formula is C18H18ClFN2O5S. The maximum atomic E-state index is 13.4. The maximum absolute atomic E-state index is 13.4. The fourth-order valence-corrected chi connectivity index (χ4v) is 3.49. The lowest BCUT2D eigenvalue weighted by Gasteiger charge is -2.22. The number of anilines is 2. The van der Waals surface area contributed by atoms with Gasteiger partial charge in [-0.25, -0.2) is 17.6 Å². The molecule has 0 atom stereocenters. The summed E-state index contributed by atoms with van der Waals surface area (Å²) in [5.41, 5.74) is 1.12. The monoisotopic (exact) mass is 428 g/mol. The summed E-state index contributed by atoms with van der Waals surface area (Å²) in [6.45, 7) is 1.05. The molecule has 2 aromatic rings. The van der Waals surface area contributed by atoms with Gasteiger partial charge < -0.3 is 10.1 Å². The summed E-state index contributed by atoms with van der Waals surface area (Å²) in [6.07, 6.45) is 0.917. The van der Waals surface area contributed by atoms with Crippen molar-refractivity contribution < 1.29 is 27.1 Å². The zero-order valence-electron chi connectivity index (χ0n) is 15.3. The summed E-state index contributed by atoms with van der Waals surface area (Å²) in [6, 6.07) is 8.01. The predicted molar refractivity (Wildman–Crippen MR) is 105 cm³/mol. The molecule has 10 heteroatoms. The standard InChI is InChI=1S/C18H18ClFN2O5S/c1-11-13(18(24)27-2)5-4-6-16(11)21-17(23)10-22(28(3,25)26)12-7-8-15(20)14(19)9-12/h4-9H,10H2,1-3H3,(H,21,23). The molecule has 0 aliphatic heterocycles. The topological polar surface area (TPSA) is 92.8 Å². The molecule has 2 aromatic carbocycles. The Kier molecular flexibility index (Phi) is 6.63. The highest BCUT2D eigenvalue weighted by Gasteiger charge is 2.22. The molecule has 0 aliphatic rings. The van der Waals surface area contributed by atoms with E-state index in [-0.39, 0.29) is 16.3 Å². The average molecular weight is 429 g/mol. The molecule has 7 nitrogen and oxygen atoms in total. The Morgan fingerprint density at radius 3 is 2.50 bits per heavy atom. The van der Waals surface area contributed by atoms with Crippen LogP contribution in [0.25, 0.3) is 0 Å². The first kappa shape index (κ1) is 21.6. The van der Waals surface area contributed by atoms with E-state index in [4.69, 9.17) is 11.6 Å². The molecule has 0 unspecified atom stereocenters. The van der Waals surface area contributed by atoms with Gasteiger partial charge in [0, 0.05) is 5.69 Å². The minimum Gasteiger partial charge on any atom is -0.465 e. The number of sulfonamides is 1. The van der Waals surface area contributed by atoms with Crippen molar-refractivity contribution in [2.75, 3.05) is 29.5 Å². The van der Waals surface area contributed by atoms with Crippen LogP contribution in [0, 0.1) is 12.7 Å². The largest absolute Gasteiger partial charge is 0.465 e. The molecule has 0 heterocycles. The van der Waals surface area contributed by atoms with Gasteiger partial charge in [-0.15, -0.1) is 0 Å². The zero-order chi connectivity index (χ0) is 21.1. The first-order valence-corrected chi connectivity index (χ1v) is 10.2. The molecule has 0 aliphatic carbocycles. The Hall–Kier alpha value is -2.65. The van der Waals surface area contributed by atoms with E-state index < -0.39 is 34.3 Å². The summed E-state index contributed by atoms with van der Waals surface area (Å²) in [4.78, 5) is 24.2. The van der Waals surface area contributed by atoms with Gasteiger partial charge in [0.1, 0.15) is 12.4 Å². The summed E-state index contributed by atoms with van der Waals surface area (Å²) in [5, 5.41) is 2.30. The minimum atomic E-state index is -3.85. The van der Waals surface area contributed by atoms with Crippen molar-refractivity contribution in [1.82, 2.24) is 0 Å². The van der Waals surface area contributed by atoms with E-state index in [1.165, 1.54) is 13.2 Å². The normalized spacial score (nSPS) is 11.0. The smallest absolute Gasteiger partial charge is 0.338 e. The number of amides is 1. The third kappa shape index (κ3) is 4.99. The highest BCUT2D eigenvalue weighted by molar-refractivity contribution is 7.92.